The third kappa shape index (κ3) is 3.43. The molecule has 2 unspecified atom stereocenters. The van der Waals surface area contributed by atoms with Gasteiger partial charge in [-0.25, -0.2) is 0 Å². The molecule has 0 bridgehead atoms. The van der Waals surface area contributed by atoms with E-state index in [4.69, 9.17) is 23.2 Å². The van der Waals surface area contributed by atoms with Gasteiger partial charge in [-0.1, -0.05) is 35.3 Å². The van der Waals surface area contributed by atoms with Crippen LogP contribution in [0.4, 0.5) is 5.69 Å². The van der Waals surface area contributed by atoms with Gasteiger partial charge in [0.2, 0.25) is 0 Å². The number of nitrogens with zero attached hydrogens (tertiary/aromatic N) is 1. The zero-order valence-electron chi connectivity index (χ0n) is 12.9. The third-order valence-electron chi connectivity index (χ3n) is 4.41. The topological polar surface area (TPSA) is 77.3 Å². The fraction of sp³-hybridized carbons (Fsp3) is 0.222. The summed E-state index contributed by atoms with van der Waals surface area (Å²) in [5, 5.41) is 11.5. The van der Waals surface area contributed by atoms with Crippen molar-refractivity contribution in [2.75, 3.05) is 0 Å². The molecule has 7 heteroatoms. The average molecular weight is 378 g/mol. The standard InChI is InChI=1S/C18H13Cl2NO4/c19-11-3-1-10(2-4-11)13-7-8-16(22)17(18(13)23)14-6-5-12(21(24)25)9-15(14)20/h1-6,9,13,17H,7-8H2. The second kappa shape index (κ2) is 6.94. The summed E-state index contributed by atoms with van der Waals surface area (Å²) in [7, 11) is 0. The molecule has 1 aliphatic carbocycles. The molecule has 5 nitrogen and oxygen atoms in total. The number of nitro benzene ring substituents is 1. The Bertz CT molecular complexity index is 864. The van der Waals surface area contributed by atoms with Crippen LogP contribution in [0.5, 0.6) is 0 Å². The number of ketones is 2. The van der Waals surface area contributed by atoms with Crippen LogP contribution in [0, 0.1) is 10.1 Å². The fourth-order valence-corrected chi connectivity index (χ4v) is 3.56. The maximum absolute atomic E-state index is 12.9. The summed E-state index contributed by atoms with van der Waals surface area (Å²) >= 11 is 12.0. The highest BCUT2D eigenvalue weighted by Crippen LogP contribution is 2.39. The van der Waals surface area contributed by atoms with Crippen LogP contribution in [0.15, 0.2) is 42.5 Å². The second-order valence-electron chi connectivity index (χ2n) is 5.91. The van der Waals surface area contributed by atoms with Gasteiger partial charge >= 0.3 is 0 Å². The van der Waals surface area contributed by atoms with Crippen LogP contribution in [0.25, 0.3) is 0 Å². The molecule has 0 spiro atoms. The van der Waals surface area contributed by atoms with E-state index in [9.17, 15) is 19.7 Å². The molecular formula is C18H13Cl2NO4. The third-order valence-corrected chi connectivity index (χ3v) is 4.99. The van der Waals surface area contributed by atoms with Crippen molar-refractivity contribution in [1.29, 1.82) is 0 Å². The van der Waals surface area contributed by atoms with Gasteiger partial charge in [0, 0.05) is 29.5 Å². The number of nitro groups is 1. The molecule has 2 atom stereocenters. The summed E-state index contributed by atoms with van der Waals surface area (Å²) in [4.78, 5) is 35.6. The van der Waals surface area contributed by atoms with Gasteiger partial charge in [-0.3, -0.25) is 19.7 Å². The molecular weight excluding hydrogens is 365 g/mol. The van der Waals surface area contributed by atoms with Crippen molar-refractivity contribution in [3.63, 3.8) is 0 Å². The van der Waals surface area contributed by atoms with Gasteiger partial charge in [0.15, 0.2) is 5.78 Å². The van der Waals surface area contributed by atoms with Gasteiger partial charge in [-0.15, -0.1) is 0 Å². The Kier molecular flexibility index (Phi) is 4.88. The highest BCUT2D eigenvalue weighted by atomic mass is 35.5. The Hall–Kier alpha value is -2.24. The first-order valence-corrected chi connectivity index (χ1v) is 8.40. The molecule has 1 aliphatic rings. The molecule has 3 rings (SSSR count). The number of rotatable bonds is 3. The van der Waals surface area contributed by atoms with Gasteiger partial charge in [0.25, 0.3) is 5.69 Å². The van der Waals surface area contributed by atoms with Crippen molar-refractivity contribution in [1.82, 2.24) is 0 Å². The van der Waals surface area contributed by atoms with Gasteiger partial charge in [-0.05, 0) is 35.7 Å². The summed E-state index contributed by atoms with van der Waals surface area (Å²) in [5.41, 5.74) is 0.935. The molecule has 0 aromatic heterocycles. The number of hydrogen-bond donors (Lipinski definition) is 0. The first kappa shape index (κ1) is 17.6. The number of halogens is 2. The van der Waals surface area contributed by atoms with Crippen molar-refractivity contribution in [2.45, 2.75) is 24.7 Å². The zero-order chi connectivity index (χ0) is 18.1. The summed E-state index contributed by atoms with van der Waals surface area (Å²) in [5.74, 6) is -1.88. The van der Waals surface area contributed by atoms with Crippen LogP contribution in [0.2, 0.25) is 10.0 Å². The lowest BCUT2D eigenvalue weighted by atomic mass is 9.73. The molecule has 128 valence electrons. The number of non-ortho nitro benzene ring substituents is 1. The summed E-state index contributed by atoms with van der Waals surface area (Å²) < 4.78 is 0. The Morgan fingerprint density at radius 1 is 1.04 bits per heavy atom. The predicted octanol–water partition coefficient (Wildman–Crippen LogP) is 4.70. The minimum absolute atomic E-state index is 0.0534. The lowest BCUT2D eigenvalue weighted by Crippen LogP contribution is -2.32. The van der Waals surface area contributed by atoms with Crippen molar-refractivity contribution in [2.24, 2.45) is 0 Å². The Morgan fingerprint density at radius 3 is 2.32 bits per heavy atom. The lowest BCUT2D eigenvalue weighted by molar-refractivity contribution is -0.384. The molecule has 0 saturated heterocycles. The monoisotopic (exact) mass is 377 g/mol. The van der Waals surface area contributed by atoms with Crippen LogP contribution in [-0.4, -0.2) is 16.5 Å². The van der Waals surface area contributed by atoms with Crippen molar-refractivity contribution >= 4 is 40.5 Å². The van der Waals surface area contributed by atoms with Crippen molar-refractivity contribution in [3.05, 3.63) is 73.8 Å². The summed E-state index contributed by atoms with van der Waals surface area (Å²) in [6, 6.07) is 10.8. The van der Waals surface area contributed by atoms with E-state index in [-0.39, 0.29) is 28.7 Å². The molecule has 25 heavy (non-hydrogen) atoms. The van der Waals surface area contributed by atoms with Crippen molar-refractivity contribution in [3.8, 4) is 0 Å². The van der Waals surface area contributed by atoms with Crippen LogP contribution in [0.3, 0.4) is 0 Å². The van der Waals surface area contributed by atoms with Gasteiger partial charge in [-0.2, -0.15) is 0 Å². The molecule has 2 aromatic rings. The molecule has 2 aromatic carbocycles. The molecule has 0 amide bonds. The maximum atomic E-state index is 12.9. The summed E-state index contributed by atoms with van der Waals surface area (Å²) in [6.07, 6.45) is 0.678. The fourth-order valence-electron chi connectivity index (χ4n) is 3.15. The minimum Gasteiger partial charge on any atom is -0.299 e. The molecule has 0 aliphatic heterocycles. The molecule has 1 fully saturated rings. The van der Waals surface area contributed by atoms with Crippen LogP contribution in [-0.2, 0) is 9.59 Å². The van der Waals surface area contributed by atoms with E-state index in [2.05, 4.69) is 0 Å². The van der Waals surface area contributed by atoms with Gasteiger partial charge in [0.05, 0.1) is 9.95 Å². The predicted molar refractivity (Wildman–Crippen MR) is 94.3 cm³/mol. The second-order valence-corrected chi connectivity index (χ2v) is 6.75. The molecule has 0 heterocycles. The highest BCUT2D eigenvalue weighted by Gasteiger charge is 2.39. The van der Waals surface area contributed by atoms with E-state index < -0.39 is 16.8 Å². The first-order chi connectivity index (χ1) is 11.9. The summed E-state index contributed by atoms with van der Waals surface area (Å²) in [6.45, 7) is 0. The van der Waals surface area contributed by atoms with E-state index in [1.807, 2.05) is 0 Å². The Labute approximate surface area is 153 Å². The molecule has 0 N–H and O–H groups in total. The molecule has 0 radical (unpaired) electrons. The first-order valence-electron chi connectivity index (χ1n) is 7.64. The van der Waals surface area contributed by atoms with E-state index in [0.29, 0.717) is 17.0 Å². The van der Waals surface area contributed by atoms with E-state index in [1.165, 1.54) is 18.2 Å². The van der Waals surface area contributed by atoms with E-state index in [0.717, 1.165) is 5.56 Å². The zero-order valence-corrected chi connectivity index (χ0v) is 14.5. The Morgan fingerprint density at radius 2 is 1.72 bits per heavy atom. The smallest absolute Gasteiger partial charge is 0.270 e. The van der Waals surface area contributed by atoms with E-state index >= 15 is 0 Å². The highest BCUT2D eigenvalue weighted by molar-refractivity contribution is 6.32. The maximum Gasteiger partial charge on any atom is 0.270 e. The normalized spacial score (nSPS) is 20.6. The number of benzene rings is 2. The number of hydrogen-bond acceptors (Lipinski definition) is 4. The van der Waals surface area contributed by atoms with Crippen LogP contribution >= 0.6 is 23.2 Å². The van der Waals surface area contributed by atoms with E-state index in [1.54, 1.807) is 24.3 Å². The largest absolute Gasteiger partial charge is 0.299 e. The quantitative estimate of drug-likeness (QED) is 0.441. The van der Waals surface area contributed by atoms with Crippen LogP contribution in [0.1, 0.15) is 35.8 Å². The minimum atomic E-state index is -0.997. The number of carbonyl (C=O) groups excluding carboxylic acids is 2. The SMILES string of the molecule is O=C1CCC(c2ccc(Cl)cc2)C(=O)C1c1ccc([N+](=O)[O-])cc1Cl. The number of carbonyl (C=O) groups is 2. The van der Waals surface area contributed by atoms with Gasteiger partial charge in [0.1, 0.15) is 11.7 Å². The Balaban J connectivity index is 1.97. The lowest BCUT2D eigenvalue weighted by Gasteiger charge is -2.28. The van der Waals surface area contributed by atoms with Crippen LogP contribution < -0.4 is 0 Å². The average Bonchev–Trinajstić information content (AvgIpc) is 2.57. The molecule has 1 saturated carbocycles. The van der Waals surface area contributed by atoms with Gasteiger partial charge < -0.3 is 0 Å². The number of Topliss-reactive ketones (excluding diaryl/α,β-unsaturated/α-hetero) is 2. The van der Waals surface area contributed by atoms with Crippen molar-refractivity contribution < 1.29 is 14.5 Å².